The Morgan fingerprint density at radius 2 is 2.10 bits per heavy atom. The number of rotatable bonds is 4. The van der Waals surface area contributed by atoms with E-state index in [1.807, 2.05) is 0 Å². The van der Waals surface area contributed by atoms with E-state index < -0.39 is 5.82 Å². The first kappa shape index (κ1) is 15.5. The minimum atomic E-state index is -0.668. The van der Waals surface area contributed by atoms with E-state index in [0.29, 0.717) is 28.1 Å². The number of halogens is 3. The molecular formula is C15H11Cl2FN2O. The third-order valence-electron chi connectivity index (χ3n) is 2.88. The van der Waals surface area contributed by atoms with E-state index in [2.05, 4.69) is 10.3 Å². The van der Waals surface area contributed by atoms with Crippen LogP contribution in [-0.4, -0.2) is 18.3 Å². The van der Waals surface area contributed by atoms with Gasteiger partial charge in [0.25, 0.3) is 0 Å². The lowest BCUT2D eigenvalue weighted by Gasteiger charge is -2.10. The standard InChI is InChI=1S/C15H11Cl2FN2O/c1-19-13-7-11(16)2-3-12(13)10(8-21)6-9-4-5-20-15(17)14(9)18/h2-8,19H,1H3/b10-6-. The lowest BCUT2D eigenvalue weighted by atomic mass is 10.0. The van der Waals surface area contributed by atoms with Crippen molar-refractivity contribution in [3.05, 3.63) is 57.6 Å². The molecule has 1 N–H and O–H groups in total. The van der Waals surface area contributed by atoms with Gasteiger partial charge in [-0.25, -0.2) is 9.37 Å². The first-order chi connectivity index (χ1) is 10.1. The predicted molar refractivity (Wildman–Crippen MR) is 84.1 cm³/mol. The molecule has 1 aromatic carbocycles. The van der Waals surface area contributed by atoms with Crippen LogP contribution in [0.3, 0.4) is 0 Å². The minimum Gasteiger partial charge on any atom is -0.388 e. The number of aldehydes is 1. The van der Waals surface area contributed by atoms with Crippen molar-refractivity contribution >= 4 is 46.8 Å². The summed E-state index contributed by atoms with van der Waals surface area (Å²) < 4.78 is 13.9. The van der Waals surface area contributed by atoms with Crippen LogP contribution in [0.5, 0.6) is 0 Å². The number of aromatic nitrogens is 1. The number of pyridine rings is 1. The van der Waals surface area contributed by atoms with Gasteiger partial charge in [-0.15, -0.1) is 0 Å². The second-order valence-corrected chi connectivity index (χ2v) is 4.96. The Labute approximate surface area is 131 Å². The summed E-state index contributed by atoms with van der Waals surface area (Å²) in [4.78, 5) is 15.0. The van der Waals surface area contributed by atoms with Gasteiger partial charge in [0.05, 0.1) is 0 Å². The quantitative estimate of drug-likeness (QED) is 0.517. The van der Waals surface area contributed by atoms with Crippen LogP contribution < -0.4 is 5.32 Å². The summed E-state index contributed by atoms with van der Waals surface area (Å²) in [5, 5.41) is 3.24. The maximum atomic E-state index is 13.9. The molecule has 2 rings (SSSR count). The lowest BCUT2D eigenvalue weighted by Crippen LogP contribution is -1.97. The topological polar surface area (TPSA) is 42.0 Å². The van der Waals surface area contributed by atoms with Crippen molar-refractivity contribution in [1.29, 1.82) is 0 Å². The van der Waals surface area contributed by atoms with Gasteiger partial charge in [-0.05, 0) is 24.3 Å². The first-order valence-electron chi connectivity index (χ1n) is 6.01. The van der Waals surface area contributed by atoms with Gasteiger partial charge in [0.2, 0.25) is 0 Å². The van der Waals surface area contributed by atoms with Gasteiger partial charge in [0, 0.05) is 40.7 Å². The summed E-state index contributed by atoms with van der Waals surface area (Å²) in [6.45, 7) is 0. The van der Waals surface area contributed by atoms with Gasteiger partial charge >= 0.3 is 0 Å². The summed E-state index contributed by atoms with van der Waals surface area (Å²) in [7, 11) is 1.71. The van der Waals surface area contributed by atoms with Crippen molar-refractivity contribution in [2.24, 2.45) is 0 Å². The zero-order valence-corrected chi connectivity index (χ0v) is 12.5. The molecule has 1 heterocycles. The zero-order valence-electron chi connectivity index (χ0n) is 11.0. The molecule has 0 saturated carbocycles. The highest BCUT2D eigenvalue weighted by Gasteiger charge is 2.10. The summed E-state index contributed by atoms with van der Waals surface area (Å²) in [6.07, 6.45) is 3.44. The summed E-state index contributed by atoms with van der Waals surface area (Å²) >= 11 is 11.5. The molecule has 0 unspecified atom stereocenters. The molecule has 108 valence electrons. The number of allylic oxidation sites excluding steroid dienone is 1. The minimum absolute atomic E-state index is 0.189. The molecule has 0 bridgehead atoms. The number of nitrogens with zero attached hydrogens (tertiary/aromatic N) is 1. The van der Waals surface area contributed by atoms with Crippen molar-refractivity contribution in [3.63, 3.8) is 0 Å². The van der Waals surface area contributed by atoms with E-state index >= 15 is 0 Å². The van der Waals surface area contributed by atoms with Gasteiger partial charge in [-0.3, -0.25) is 4.79 Å². The molecule has 0 aliphatic rings. The van der Waals surface area contributed by atoms with Gasteiger partial charge in [-0.2, -0.15) is 0 Å². The zero-order chi connectivity index (χ0) is 15.4. The van der Waals surface area contributed by atoms with Crippen molar-refractivity contribution < 1.29 is 9.18 Å². The molecule has 1 aromatic heterocycles. The van der Waals surface area contributed by atoms with Crippen LogP contribution >= 0.6 is 23.2 Å². The van der Waals surface area contributed by atoms with Gasteiger partial charge in [-0.1, -0.05) is 29.3 Å². The molecule has 0 spiro atoms. The average molecular weight is 325 g/mol. The largest absolute Gasteiger partial charge is 0.388 e. The molecule has 0 aliphatic carbocycles. The lowest BCUT2D eigenvalue weighted by molar-refractivity contribution is -0.103. The van der Waals surface area contributed by atoms with Crippen molar-refractivity contribution in [2.45, 2.75) is 0 Å². The third kappa shape index (κ3) is 3.40. The fourth-order valence-electron chi connectivity index (χ4n) is 1.86. The Morgan fingerprint density at radius 3 is 2.76 bits per heavy atom. The molecule has 0 atom stereocenters. The van der Waals surface area contributed by atoms with Crippen LogP contribution in [-0.2, 0) is 4.79 Å². The van der Waals surface area contributed by atoms with Crippen LogP contribution in [0.2, 0.25) is 10.2 Å². The first-order valence-corrected chi connectivity index (χ1v) is 6.77. The smallest absolute Gasteiger partial charge is 0.167 e. The number of carbonyl (C=O) groups is 1. The summed E-state index contributed by atoms with van der Waals surface area (Å²) in [5.74, 6) is -0.668. The maximum absolute atomic E-state index is 13.9. The van der Waals surface area contributed by atoms with Crippen molar-refractivity contribution in [1.82, 2.24) is 4.98 Å². The highest BCUT2D eigenvalue weighted by atomic mass is 35.5. The summed E-state index contributed by atoms with van der Waals surface area (Å²) in [5.41, 5.74) is 1.77. The molecular weight excluding hydrogens is 314 g/mol. The van der Waals surface area contributed by atoms with Gasteiger partial charge in [0.1, 0.15) is 0 Å². The Kier molecular flexibility index (Phi) is 4.94. The monoisotopic (exact) mass is 324 g/mol. The number of hydrogen-bond donors (Lipinski definition) is 1. The number of hydrogen-bond acceptors (Lipinski definition) is 3. The number of benzene rings is 1. The Bertz CT molecular complexity index is 717. The average Bonchev–Trinajstić information content (AvgIpc) is 2.49. The number of anilines is 1. The SMILES string of the molecule is CNc1cc(Cl)ccc1/C(C=O)=C\c1ccnc(Cl)c1F. The Hall–Kier alpha value is -1.91. The number of carbonyl (C=O) groups excluding carboxylic acids is 1. The second-order valence-electron chi connectivity index (χ2n) is 4.16. The molecule has 0 saturated heterocycles. The van der Waals surface area contributed by atoms with E-state index in [9.17, 15) is 9.18 Å². The van der Waals surface area contributed by atoms with Crippen molar-refractivity contribution in [3.8, 4) is 0 Å². The van der Waals surface area contributed by atoms with E-state index in [1.54, 1.807) is 25.2 Å². The van der Waals surface area contributed by atoms with Gasteiger partial charge in [0.15, 0.2) is 17.3 Å². The van der Waals surface area contributed by atoms with E-state index in [4.69, 9.17) is 23.2 Å². The fourth-order valence-corrected chi connectivity index (χ4v) is 2.20. The molecule has 21 heavy (non-hydrogen) atoms. The molecule has 0 aliphatic heterocycles. The van der Waals surface area contributed by atoms with Crippen LogP contribution in [0.25, 0.3) is 11.6 Å². The van der Waals surface area contributed by atoms with E-state index in [1.165, 1.54) is 18.3 Å². The van der Waals surface area contributed by atoms with E-state index in [-0.39, 0.29) is 10.7 Å². The van der Waals surface area contributed by atoms with Crippen LogP contribution in [0.15, 0.2) is 30.5 Å². The van der Waals surface area contributed by atoms with Crippen LogP contribution in [0, 0.1) is 5.82 Å². The highest BCUT2D eigenvalue weighted by Crippen LogP contribution is 2.28. The van der Waals surface area contributed by atoms with Crippen LogP contribution in [0.4, 0.5) is 10.1 Å². The number of nitrogens with one attached hydrogen (secondary N) is 1. The molecule has 0 fully saturated rings. The highest BCUT2D eigenvalue weighted by molar-refractivity contribution is 6.31. The third-order valence-corrected chi connectivity index (χ3v) is 3.38. The second kappa shape index (κ2) is 6.70. The molecule has 3 nitrogen and oxygen atoms in total. The van der Waals surface area contributed by atoms with Crippen LogP contribution in [0.1, 0.15) is 11.1 Å². The molecule has 0 amide bonds. The molecule has 6 heteroatoms. The summed E-state index contributed by atoms with van der Waals surface area (Å²) in [6, 6.07) is 6.48. The fraction of sp³-hybridized carbons (Fsp3) is 0.0667. The van der Waals surface area contributed by atoms with Gasteiger partial charge < -0.3 is 5.32 Å². The Balaban J connectivity index is 2.56. The molecule has 0 radical (unpaired) electrons. The Morgan fingerprint density at radius 1 is 1.33 bits per heavy atom. The van der Waals surface area contributed by atoms with Crippen molar-refractivity contribution in [2.75, 3.05) is 12.4 Å². The maximum Gasteiger partial charge on any atom is 0.167 e. The predicted octanol–water partition coefficient (Wildman–Crippen LogP) is 4.31. The normalized spacial score (nSPS) is 11.3. The molecule has 2 aromatic rings. The van der Waals surface area contributed by atoms with E-state index in [0.717, 1.165) is 0 Å².